The minimum absolute atomic E-state index is 0. The first kappa shape index (κ1) is 10.9. The molecule has 0 aromatic carbocycles. The molecule has 0 fully saturated rings. The molecule has 41 valence electrons. The molecule has 0 unspecified atom stereocenters. The van der Waals surface area contributed by atoms with Crippen LogP contribution in [0.4, 0.5) is 0 Å². The maximum absolute atomic E-state index is 8.30. The molecule has 1 nitrogen and oxygen atoms in total. The monoisotopic (exact) mass is 176 g/mol. The van der Waals surface area contributed by atoms with Crippen LogP contribution in [-0.4, -0.2) is 11.7 Å². The standard InChI is InChI=1S/C5H11O.Y/c1-3-5(2)4-6;/h6H,3-4H2,1-2H3;/q-1;. The van der Waals surface area contributed by atoms with Crippen LogP contribution >= 0.6 is 0 Å². The molecule has 2 heteroatoms. The van der Waals surface area contributed by atoms with Crippen molar-refractivity contribution in [2.24, 2.45) is 0 Å². The van der Waals surface area contributed by atoms with Gasteiger partial charge in [0.15, 0.2) is 0 Å². The van der Waals surface area contributed by atoms with Gasteiger partial charge in [0.25, 0.3) is 0 Å². The molecule has 0 atom stereocenters. The summed E-state index contributed by atoms with van der Waals surface area (Å²) in [6.07, 6.45) is 0.997. The Balaban J connectivity index is 0. The van der Waals surface area contributed by atoms with Gasteiger partial charge in [-0.3, -0.25) is 5.92 Å². The molecule has 0 aromatic rings. The molecular formula is C5H11OY-. The maximum atomic E-state index is 8.30. The van der Waals surface area contributed by atoms with Gasteiger partial charge < -0.3 is 5.11 Å². The molecule has 1 radical (unpaired) electrons. The molecule has 0 aliphatic rings. The Morgan fingerprint density at radius 1 is 1.57 bits per heavy atom. The van der Waals surface area contributed by atoms with Crippen molar-refractivity contribution < 1.29 is 37.8 Å². The topological polar surface area (TPSA) is 20.2 Å². The van der Waals surface area contributed by atoms with Gasteiger partial charge in [-0.15, -0.1) is 0 Å². The molecule has 0 spiro atoms. The summed E-state index contributed by atoms with van der Waals surface area (Å²) in [5.74, 6) is 1.15. The van der Waals surface area contributed by atoms with Gasteiger partial charge in [-0.1, -0.05) is 13.5 Å². The van der Waals surface area contributed by atoms with Crippen molar-refractivity contribution in [2.45, 2.75) is 20.3 Å². The second-order valence-electron chi connectivity index (χ2n) is 1.47. The fourth-order valence-corrected chi connectivity index (χ4v) is 0.112. The summed E-state index contributed by atoms with van der Waals surface area (Å²) in [6.45, 7) is 4.22. The second kappa shape index (κ2) is 7.06. The predicted octanol–water partition coefficient (Wildman–Crippen LogP) is 0.981. The molecule has 0 rings (SSSR count). The third-order valence-electron chi connectivity index (χ3n) is 0.873. The second-order valence-corrected chi connectivity index (χ2v) is 1.47. The first-order valence-electron chi connectivity index (χ1n) is 2.23. The van der Waals surface area contributed by atoms with E-state index in [0.29, 0.717) is 0 Å². The first-order valence-corrected chi connectivity index (χ1v) is 2.23. The number of hydrogen-bond acceptors (Lipinski definition) is 1. The van der Waals surface area contributed by atoms with Crippen LogP contribution in [0.15, 0.2) is 0 Å². The van der Waals surface area contributed by atoms with Crippen LogP contribution in [0.5, 0.6) is 0 Å². The van der Waals surface area contributed by atoms with Gasteiger partial charge in [0, 0.05) is 32.7 Å². The summed E-state index contributed by atoms with van der Waals surface area (Å²) >= 11 is 0. The van der Waals surface area contributed by atoms with Crippen molar-refractivity contribution in [3.05, 3.63) is 5.92 Å². The van der Waals surface area contributed by atoms with E-state index in [1.165, 1.54) is 0 Å². The molecule has 0 amide bonds. The fraction of sp³-hybridized carbons (Fsp3) is 0.800. The van der Waals surface area contributed by atoms with Gasteiger partial charge in [0.2, 0.25) is 0 Å². The molecule has 0 heterocycles. The summed E-state index contributed by atoms with van der Waals surface area (Å²) in [5.41, 5.74) is 0. The third kappa shape index (κ3) is 7.06. The van der Waals surface area contributed by atoms with Crippen LogP contribution < -0.4 is 0 Å². The van der Waals surface area contributed by atoms with Crippen LogP contribution in [-0.2, 0) is 32.7 Å². The largest absolute Gasteiger partial charge is 0.428 e. The van der Waals surface area contributed by atoms with Crippen molar-refractivity contribution in [2.75, 3.05) is 6.61 Å². The Hall–Kier alpha value is 1.06. The molecule has 0 aliphatic carbocycles. The Morgan fingerprint density at radius 3 is 2.00 bits per heavy atom. The zero-order valence-corrected chi connectivity index (χ0v) is 7.78. The minimum Gasteiger partial charge on any atom is -0.428 e. The number of aliphatic hydroxyl groups excluding tert-OH is 1. The van der Waals surface area contributed by atoms with E-state index in [2.05, 4.69) is 0 Å². The molecule has 0 bridgehead atoms. The van der Waals surface area contributed by atoms with E-state index in [1.807, 2.05) is 13.8 Å². The van der Waals surface area contributed by atoms with E-state index in [-0.39, 0.29) is 39.3 Å². The van der Waals surface area contributed by atoms with Crippen LogP contribution in [0.3, 0.4) is 0 Å². The molecule has 1 N–H and O–H groups in total. The predicted molar refractivity (Wildman–Crippen MR) is 26.3 cm³/mol. The van der Waals surface area contributed by atoms with Crippen LogP contribution in [0.1, 0.15) is 20.3 Å². The SMILES string of the molecule is CC[C-](C)CO.[Y]. The van der Waals surface area contributed by atoms with Crippen molar-refractivity contribution in [1.29, 1.82) is 0 Å². The minimum atomic E-state index is 0. The summed E-state index contributed by atoms with van der Waals surface area (Å²) in [4.78, 5) is 0. The van der Waals surface area contributed by atoms with E-state index in [1.54, 1.807) is 0 Å². The number of hydrogen-bond donors (Lipinski definition) is 1. The van der Waals surface area contributed by atoms with E-state index >= 15 is 0 Å². The van der Waals surface area contributed by atoms with E-state index in [4.69, 9.17) is 5.11 Å². The Bertz CT molecular complexity index is 27.3. The molecule has 7 heavy (non-hydrogen) atoms. The first-order chi connectivity index (χ1) is 2.81. The van der Waals surface area contributed by atoms with E-state index in [0.717, 1.165) is 12.3 Å². The van der Waals surface area contributed by atoms with Crippen LogP contribution in [0, 0.1) is 5.92 Å². The van der Waals surface area contributed by atoms with E-state index in [9.17, 15) is 0 Å². The fourth-order valence-electron chi connectivity index (χ4n) is 0.112. The Labute approximate surface area is 70.4 Å². The van der Waals surface area contributed by atoms with Gasteiger partial charge in [-0.2, -0.15) is 13.3 Å². The number of rotatable bonds is 2. The number of aliphatic hydroxyl groups is 1. The van der Waals surface area contributed by atoms with Crippen molar-refractivity contribution in [3.8, 4) is 0 Å². The molecule has 0 aliphatic heterocycles. The van der Waals surface area contributed by atoms with Gasteiger partial charge in [0.1, 0.15) is 0 Å². The van der Waals surface area contributed by atoms with Crippen molar-refractivity contribution in [3.63, 3.8) is 0 Å². The summed E-state index contributed by atoms with van der Waals surface area (Å²) in [5, 5.41) is 8.30. The van der Waals surface area contributed by atoms with E-state index < -0.39 is 0 Å². The zero-order valence-electron chi connectivity index (χ0n) is 4.94. The van der Waals surface area contributed by atoms with Crippen LogP contribution in [0.25, 0.3) is 0 Å². The smallest absolute Gasteiger partial charge is 0 e. The average Bonchev–Trinajstić information content (AvgIpc) is 1.65. The normalized spacial score (nSPS) is 8.57. The maximum Gasteiger partial charge on any atom is 0 e. The third-order valence-corrected chi connectivity index (χ3v) is 0.873. The summed E-state index contributed by atoms with van der Waals surface area (Å²) in [6, 6.07) is 0. The Morgan fingerprint density at radius 2 is 2.00 bits per heavy atom. The average molecular weight is 176 g/mol. The van der Waals surface area contributed by atoms with Crippen LogP contribution in [0.2, 0.25) is 0 Å². The zero-order chi connectivity index (χ0) is 4.99. The van der Waals surface area contributed by atoms with Gasteiger partial charge in [-0.25, -0.2) is 0 Å². The molecular weight excluding hydrogens is 165 g/mol. The quantitative estimate of drug-likeness (QED) is 0.621. The van der Waals surface area contributed by atoms with Gasteiger partial charge in [0.05, 0.1) is 0 Å². The van der Waals surface area contributed by atoms with Gasteiger partial charge >= 0.3 is 0 Å². The molecule has 0 saturated carbocycles. The summed E-state index contributed by atoms with van der Waals surface area (Å²) < 4.78 is 0. The van der Waals surface area contributed by atoms with Crippen molar-refractivity contribution in [1.82, 2.24) is 0 Å². The van der Waals surface area contributed by atoms with Gasteiger partial charge in [-0.05, 0) is 0 Å². The molecule has 0 aromatic heterocycles. The van der Waals surface area contributed by atoms with Crippen molar-refractivity contribution >= 4 is 0 Å². The summed E-state index contributed by atoms with van der Waals surface area (Å²) in [7, 11) is 0. The molecule has 0 saturated heterocycles. The Kier molecular flexibility index (Phi) is 11.0.